The zero-order valence-corrected chi connectivity index (χ0v) is 9.67. The first-order chi connectivity index (χ1) is 7.77. The number of unbranched alkanes of at least 4 members (excludes halogenated alkanes) is 1. The van der Waals surface area contributed by atoms with Gasteiger partial charge in [0.2, 0.25) is 5.91 Å². The van der Waals surface area contributed by atoms with E-state index >= 15 is 0 Å². The molecule has 0 aliphatic carbocycles. The lowest BCUT2D eigenvalue weighted by atomic mass is 10.3. The van der Waals surface area contributed by atoms with E-state index in [1.807, 2.05) is 36.5 Å². The van der Waals surface area contributed by atoms with Crippen LogP contribution in [0.1, 0.15) is 19.8 Å². The first-order valence-electron chi connectivity index (χ1n) is 5.40. The van der Waals surface area contributed by atoms with Crippen molar-refractivity contribution >= 4 is 5.91 Å². The van der Waals surface area contributed by atoms with E-state index in [-0.39, 0.29) is 0 Å². The van der Waals surface area contributed by atoms with Gasteiger partial charge >= 0.3 is 0 Å². The first kappa shape index (κ1) is 14.2. The molecule has 0 unspecified atom stereocenters. The van der Waals surface area contributed by atoms with Gasteiger partial charge in [-0.05, 0) is 6.42 Å². The molecule has 0 aromatic rings. The number of amides is 1. The second kappa shape index (κ2) is 11.2. The number of allylic oxidation sites excluding steroid dienone is 9. The van der Waals surface area contributed by atoms with Gasteiger partial charge in [-0.1, -0.05) is 68.0 Å². The minimum absolute atomic E-state index is 0.436. The van der Waals surface area contributed by atoms with Crippen molar-refractivity contribution in [2.45, 2.75) is 19.8 Å². The quantitative estimate of drug-likeness (QED) is 0.517. The second-order valence-electron chi connectivity index (χ2n) is 3.13. The molecular weight excluding hydrogens is 198 g/mol. The maximum atomic E-state index is 10.3. The molecule has 0 saturated heterocycles. The third-order valence-electron chi connectivity index (χ3n) is 1.63. The summed E-state index contributed by atoms with van der Waals surface area (Å²) >= 11 is 0. The molecule has 0 radical (unpaired) electrons. The second-order valence-corrected chi connectivity index (χ2v) is 3.13. The molecule has 1 amide bonds. The molecule has 2 heteroatoms. The predicted octanol–water partition coefficient (Wildman–Crippen LogP) is 3.05. The molecule has 0 saturated carbocycles. The monoisotopic (exact) mass is 217 g/mol. The minimum atomic E-state index is -0.436. The molecule has 0 aliphatic rings. The van der Waals surface area contributed by atoms with E-state index in [0.717, 1.165) is 6.42 Å². The van der Waals surface area contributed by atoms with E-state index in [4.69, 9.17) is 5.73 Å². The van der Waals surface area contributed by atoms with E-state index in [1.54, 1.807) is 12.2 Å². The van der Waals surface area contributed by atoms with Gasteiger partial charge in [0.05, 0.1) is 0 Å². The molecule has 0 aromatic heterocycles. The SMILES string of the molecule is CCCC=CC=CC=CC=CC=CC(N)=O. The normalized spacial score (nSPS) is 13.1. The summed E-state index contributed by atoms with van der Waals surface area (Å²) in [7, 11) is 0. The fraction of sp³-hybridized carbons (Fsp3) is 0.214. The summed E-state index contributed by atoms with van der Waals surface area (Å²) in [5.74, 6) is -0.436. The third kappa shape index (κ3) is 12.2. The van der Waals surface area contributed by atoms with Crippen LogP contribution in [0.4, 0.5) is 0 Å². The molecule has 0 aliphatic heterocycles. The average Bonchev–Trinajstić information content (AvgIpc) is 2.25. The van der Waals surface area contributed by atoms with Gasteiger partial charge in [0.25, 0.3) is 0 Å². The van der Waals surface area contributed by atoms with Gasteiger partial charge in [-0.25, -0.2) is 0 Å². The minimum Gasteiger partial charge on any atom is -0.366 e. The fourth-order valence-electron chi connectivity index (χ4n) is 0.877. The highest BCUT2D eigenvalue weighted by molar-refractivity contribution is 5.85. The van der Waals surface area contributed by atoms with Crippen LogP contribution in [0, 0.1) is 0 Å². The molecule has 2 nitrogen and oxygen atoms in total. The van der Waals surface area contributed by atoms with Crippen molar-refractivity contribution < 1.29 is 4.79 Å². The number of nitrogens with two attached hydrogens (primary N) is 1. The van der Waals surface area contributed by atoms with Gasteiger partial charge in [-0.3, -0.25) is 4.79 Å². The van der Waals surface area contributed by atoms with Crippen LogP contribution in [0.15, 0.2) is 60.8 Å². The van der Waals surface area contributed by atoms with Crippen LogP contribution in [0.25, 0.3) is 0 Å². The van der Waals surface area contributed by atoms with E-state index in [1.165, 1.54) is 12.5 Å². The molecular formula is C14H19NO. The van der Waals surface area contributed by atoms with Crippen LogP contribution >= 0.6 is 0 Å². The van der Waals surface area contributed by atoms with Gasteiger partial charge in [-0.15, -0.1) is 0 Å². The Morgan fingerprint density at radius 2 is 1.44 bits per heavy atom. The van der Waals surface area contributed by atoms with Crippen LogP contribution in [0.5, 0.6) is 0 Å². The third-order valence-corrected chi connectivity index (χ3v) is 1.63. The largest absolute Gasteiger partial charge is 0.366 e. The van der Waals surface area contributed by atoms with Gasteiger partial charge in [0, 0.05) is 6.08 Å². The molecule has 0 spiro atoms. The number of rotatable bonds is 7. The lowest BCUT2D eigenvalue weighted by Crippen LogP contribution is -2.04. The molecule has 0 heterocycles. The van der Waals surface area contributed by atoms with Crippen LogP contribution in [-0.2, 0) is 4.79 Å². The van der Waals surface area contributed by atoms with Crippen LogP contribution in [0.3, 0.4) is 0 Å². The van der Waals surface area contributed by atoms with Crippen LogP contribution in [0.2, 0.25) is 0 Å². The van der Waals surface area contributed by atoms with Crippen molar-refractivity contribution in [3.8, 4) is 0 Å². The number of hydrogen-bond acceptors (Lipinski definition) is 1. The Morgan fingerprint density at radius 3 is 1.94 bits per heavy atom. The van der Waals surface area contributed by atoms with E-state index in [2.05, 4.69) is 13.0 Å². The maximum Gasteiger partial charge on any atom is 0.241 e. The summed E-state index contributed by atoms with van der Waals surface area (Å²) in [6.45, 7) is 2.15. The van der Waals surface area contributed by atoms with Crippen molar-refractivity contribution in [3.05, 3.63) is 60.8 Å². The number of primary amides is 1. The first-order valence-corrected chi connectivity index (χ1v) is 5.40. The summed E-state index contributed by atoms with van der Waals surface area (Å²) in [5.41, 5.74) is 4.92. The lowest BCUT2D eigenvalue weighted by Gasteiger charge is -1.79. The summed E-state index contributed by atoms with van der Waals surface area (Å²) in [4.78, 5) is 10.3. The Kier molecular flexibility index (Phi) is 9.96. The summed E-state index contributed by atoms with van der Waals surface area (Å²) in [6.07, 6.45) is 20.7. The zero-order chi connectivity index (χ0) is 12.1. The van der Waals surface area contributed by atoms with E-state index < -0.39 is 5.91 Å². The summed E-state index contributed by atoms with van der Waals surface area (Å²) in [5, 5.41) is 0. The van der Waals surface area contributed by atoms with Crippen LogP contribution < -0.4 is 5.73 Å². The summed E-state index contributed by atoms with van der Waals surface area (Å²) < 4.78 is 0. The molecule has 16 heavy (non-hydrogen) atoms. The Labute approximate surface area is 97.5 Å². The molecule has 0 rings (SSSR count). The van der Waals surface area contributed by atoms with E-state index in [0.29, 0.717) is 0 Å². The van der Waals surface area contributed by atoms with Crippen molar-refractivity contribution in [2.75, 3.05) is 0 Å². The number of hydrogen-bond donors (Lipinski definition) is 1. The Morgan fingerprint density at radius 1 is 0.938 bits per heavy atom. The van der Waals surface area contributed by atoms with Gasteiger partial charge in [0.15, 0.2) is 0 Å². The zero-order valence-electron chi connectivity index (χ0n) is 9.67. The Hall–Kier alpha value is -1.83. The molecule has 0 bridgehead atoms. The highest BCUT2D eigenvalue weighted by atomic mass is 16.1. The van der Waals surface area contributed by atoms with Crippen LogP contribution in [-0.4, -0.2) is 5.91 Å². The molecule has 0 fully saturated rings. The fourth-order valence-corrected chi connectivity index (χ4v) is 0.877. The standard InChI is InChI=1S/C14H19NO/c1-2-3-4-5-6-7-8-9-10-11-12-13-14(15)16/h4-13H,2-3H2,1H3,(H2,15,16). The molecule has 0 aromatic carbocycles. The molecule has 2 N–H and O–H groups in total. The van der Waals surface area contributed by atoms with E-state index in [9.17, 15) is 4.79 Å². The van der Waals surface area contributed by atoms with Gasteiger partial charge in [-0.2, -0.15) is 0 Å². The van der Waals surface area contributed by atoms with Crippen molar-refractivity contribution in [2.24, 2.45) is 5.73 Å². The van der Waals surface area contributed by atoms with Crippen molar-refractivity contribution in [3.63, 3.8) is 0 Å². The highest BCUT2D eigenvalue weighted by Gasteiger charge is 1.75. The predicted molar refractivity (Wildman–Crippen MR) is 69.8 cm³/mol. The van der Waals surface area contributed by atoms with Crippen molar-refractivity contribution in [1.82, 2.24) is 0 Å². The molecule has 0 atom stereocenters. The topological polar surface area (TPSA) is 43.1 Å². The Bertz CT molecular complexity index is 320. The van der Waals surface area contributed by atoms with Crippen molar-refractivity contribution in [1.29, 1.82) is 0 Å². The number of carbonyl (C=O) groups is 1. The molecule has 86 valence electrons. The smallest absolute Gasteiger partial charge is 0.241 e. The lowest BCUT2D eigenvalue weighted by molar-refractivity contribution is -0.113. The van der Waals surface area contributed by atoms with Gasteiger partial charge in [0.1, 0.15) is 0 Å². The number of carbonyl (C=O) groups excluding carboxylic acids is 1. The summed E-state index contributed by atoms with van der Waals surface area (Å²) in [6, 6.07) is 0. The van der Waals surface area contributed by atoms with Gasteiger partial charge < -0.3 is 5.73 Å². The maximum absolute atomic E-state index is 10.3. The highest BCUT2D eigenvalue weighted by Crippen LogP contribution is 1.89. The average molecular weight is 217 g/mol. The Balaban J connectivity index is 3.72.